The van der Waals surface area contributed by atoms with Crippen LogP contribution in [0, 0.1) is 10.1 Å². The van der Waals surface area contributed by atoms with E-state index in [1.807, 2.05) is 0 Å². The van der Waals surface area contributed by atoms with Crippen molar-refractivity contribution < 1.29 is 25.0 Å². The van der Waals surface area contributed by atoms with Gasteiger partial charge in [0, 0.05) is 6.07 Å². The molecule has 2 unspecified atom stereocenters. The monoisotopic (exact) mass is 261 g/mol. The fourth-order valence-corrected chi connectivity index (χ4v) is 1.55. The van der Waals surface area contributed by atoms with E-state index in [9.17, 15) is 20.0 Å². The van der Waals surface area contributed by atoms with E-state index in [-0.39, 0.29) is 5.02 Å². The number of halogens is 1. The number of nitrogens with zero attached hydrogens (tertiary/aromatic N) is 1. The predicted octanol–water partition coefficient (Wildman–Crippen LogP) is 0.727. The number of carboxylic acids is 1. The van der Waals surface area contributed by atoms with Gasteiger partial charge in [0.1, 0.15) is 6.10 Å². The van der Waals surface area contributed by atoms with Crippen LogP contribution in [0.15, 0.2) is 18.2 Å². The standard InChI is InChI=1S/C9H8ClNO6/c10-4-2-1-3-5(11(16)17)6(4)7(12)8(13)9(14)15/h1-3,7-8,12-13H,(H,14,15). The lowest BCUT2D eigenvalue weighted by Gasteiger charge is -2.15. The second-order valence-electron chi connectivity index (χ2n) is 3.16. The molecule has 3 N–H and O–H groups in total. The maximum atomic E-state index is 10.7. The Bertz CT molecular complexity index is 463. The van der Waals surface area contributed by atoms with Gasteiger partial charge in [-0.3, -0.25) is 10.1 Å². The molecule has 0 saturated heterocycles. The Balaban J connectivity index is 3.29. The van der Waals surface area contributed by atoms with Crippen molar-refractivity contribution in [2.45, 2.75) is 12.2 Å². The van der Waals surface area contributed by atoms with Crippen LogP contribution < -0.4 is 0 Å². The zero-order valence-electron chi connectivity index (χ0n) is 8.28. The van der Waals surface area contributed by atoms with Gasteiger partial charge in [0.05, 0.1) is 15.5 Å². The molecule has 1 aromatic rings. The number of aliphatic hydroxyl groups is 2. The normalized spacial score (nSPS) is 14.1. The molecule has 0 fully saturated rings. The lowest BCUT2D eigenvalue weighted by Crippen LogP contribution is -2.28. The molecular formula is C9H8ClNO6. The van der Waals surface area contributed by atoms with Crippen LogP contribution in [0.25, 0.3) is 0 Å². The molecule has 0 bridgehead atoms. The van der Waals surface area contributed by atoms with Crippen LogP contribution in [-0.2, 0) is 4.79 Å². The Morgan fingerprint density at radius 2 is 2.00 bits per heavy atom. The van der Waals surface area contributed by atoms with Crippen LogP contribution in [-0.4, -0.2) is 32.3 Å². The molecule has 0 aliphatic carbocycles. The molecule has 0 spiro atoms. The van der Waals surface area contributed by atoms with E-state index in [0.29, 0.717) is 0 Å². The van der Waals surface area contributed by atoms with E-state index in [0.717, 1.165) is 6.07 Å². The average Bonchev–Trinajstić information content (AvgIpc) is 2.26. The summed E-state index contributed by atoms with van der Waals surface area (Å²) in [5.74, 6) is -1.70. The quantitative estimate of drug-likeness (QED) is 0.542. The maximum Gasteiger partial charge on any atom is 0.335 e. The number of carbonyl (C=O) groups is 1. The molecule has 0 radical (unpaired) electrons. The predicted molar refractivity (Wildman–Crippen MR) is 56.7 cm³/mol. The van der Waals surface area contributed by atoms with Crippen molar-refractivity contribution in [2.75, 3.05) is 0 Å². The minimum atomic E-state index is -2.19. The van der Waals surface area contributed by atoms with Crippen molar-refractivity contribution in [3.63, 3.8) is 0 Å². The van der Waals surface area contributed by atoms with Crippen molar-refractivity contribution in [1.82, 2.24) is 0 Å². The van der Waals surface area contributed by atoms with Crippen molar-refractivity contribution in [3.8, 4) is 0 Å². The van der Waals surface area contributed by atoms with Crippen LogP contribution in [0.5, 0.6) is 0 Å². The van der Waals surface area contributed by atoms with Crippen molar-refractivity contribution in [3.05, 3.63) is 38.9 Å². The SMILES string of the molecule is O=C(O)C(O)C(O)c1c(Cl)cccc1[N+](=O)[O-]. The van der Waals surface area contributed by atoms with E-state index in [4.69, 9.17) is 21.8 Å². The topological polar surface area (TPSA) is 121 Å². The lowest BCUT2D eigenvalue weighted by molar-refractivity contribution is -0.386. The highest BCUT2D eigenvalue weighted by atomic mass is 35.5. The molecule has 92 valence electrons. The summed E-state index contributed by atoms with van der Waals surface area (Å²) in [6, 6.07) is 3.59. The highest BCUT2D eigenvalue weighted by Crippen LogP contribution is 2.33. The summed E-state index contributed by atoms with van der Waals surface area (Å²) in [6.07, 6.45) is -4.16. The molecular weight excluding hydrogens is 254 g/mol. The first-order valence-corrected chi connectivity index (χ1v) is 4.75. The smallest absolute Gasteiger partial charge is 0.335 e. The zero-order valence-corrected chi connectivity index (χ0v) is 9.03. The zero-order chi connectivity index (χ0) is 13.2. The van der Waals surface area contributed by atoms with E-state index < -0.39 is 34.4 Å². The number of hydrogen-bond donors (Lipinski definition) is 3. The van der Waals surface area contributed by atoms with Gasteiger partial charge in [-0.05, 0) is 6.07 Å². The van der Waals surface area contributed by atoms with Gasteiger partial charge in [-0.25, -0.2) is 4.79 Å². The molecule has 17 heavy (non-hydrogen) atoms. The third kappa shape index (κ3) is 2.70. The maximum absolute atomic E-state index is 10.7. The molecule has 0 aromatic heterocycles. The Hall–Kier alpha value is -1.70. The van der Waals surface area contributed by atoms with Gasteiger partial charge < -0.3 is 15.3 Å². The van der Waals surface area contributed by atoms with E-state index in [2.05, 4.69) is 0 Å². The Kier molecular flexibility index (Phi) is 4.00. The van der Waals surface area contributed by atoms with Gasteiger partial charge in [0.15, 0.2) is 6.10 Å². The van der Waals surface area contributed by atoms with Gasteiger partial charge in [0.25, 0.3) is 5.69 Å². The average molecular weight is 262 g/mol. The fraction of sp³-hybridized carbons (Fsp3) is 0.222. The number of hydrogen-bond acceptors (Lipinski definition) is 5. The number of nitro benzene ring substituents is 1. The largest absolute Gasteiger partial charge is 0.479 e. The van der Waals surface area contributed by atoms with E-state index in [1.54, 1.807) is 0 Å². The molecule has 0 aliphatic heterocycles. The van der Waals surface area contributed by atoms with E-state index in [1.165, 1.54) is 12.1 Å². The van der Waals surface area contributed by atoms with Crippen LogP contribution in [0.3, 0.4) is 0 Å². The van der Waals surface area contributed by atoms with E-state index >= 15 is 0 Å². The summed E-state index contributed by atoms with van der Waals surface area (Å²) in [5.41, 5.74) is -0.973. The van der Waals surface area contributed by atoms with Crippen LogP contribution in [0.4, 0.5) is 5.69 Å². The summed E-state index contributed by atoms with van der Waals surface area (Å²) in [7, 11) is 0. The Labute approximate surface area is 100 Å². The molecule has 1 rings (SSSR count). The second kappa shape index (κ2) is 5.09. The van der Waals surface area contributed by atoms with Gasteiger partial charge >= 0.3 is 5.97 Å². The minimum absolute atomic E-state index is 0.188. The number of benzene rings is 1. The number of carboxylic acid groups (broad SMARTS) is 1. The third-order valence-electron chi connectivity index (χ3n) is 2.07. The van der Waals surface area contributed by atoms with Crippen LogP contribution >= 0.6 is 11.6 Å². The van der Waals surface area contributed by atoms with Gasteiger partial charge in [-0.1, -0.05) is 17.7 Å². The fourth-order valence-electron chi connectivity index (χ4n) is 1.27. The minimum Gasteiger partial charge on any atom is -0.479 e. The number of aliphatic carboxylic acids is 1. The number of rotatable bonds is 4. The Morgan fingerprint density at radius 1 is 1.41 bits per heavy atom. The molecule has 0 amide bonds. The summed E-state index contributed by atoms with van der Waals surface area (Å²) in [4.78, 5) is 20.3. The van der Waals surface area contributed by atoms with Crippen molar-refractivity contribution in [2.24, 2.45) is 0 Å². The molecule has 7 nitrogen and oxygen atoms in total. The summed E-state index contributed by atoms with van der Waals surface area (Å²) in [5, 5.41) is 37.7. The number of nitro groups is 1. The lowest BCUT2D eigenvalue weighted by atomic mass is 10.0. The van der Waals surface area contributed by atoms with Crippen LogP contribution in [0.2, 0.25) is 5.02 Å². The summed E-state index contributed by atoms with van der Waals surface area (Å²) in [6.45, 7) is 0. The first-order chi connectivity index (χ1) is 7.86. The van der Waals surface area contributed by atoms with Gasteiger partial charge in [0.2, 0.25) is 0 Å². The summed E-state index contributed by atoms with van der Waals surface area (Å²) >= 11 is 5.65. The number of aliphatic hydroxyl groups excluding tert-OH is 2. The molecule has 0 saturated carbocycles. The second-order valence-corrected chi connectivity index (χ2v) is 3.56. The first kappa shape index (κ1) is 13.4. The molecule has 0 aliphatic rings. The third-order valence-corrected chi connectivity index (χ3v) is 2.40. The molecule has 8 heteroatoms. The summed E-state index contributed by atoms with van der Waals surface area (Å²) < 4.78 is 0. The first-order valence-electron chi connectivity index (χ1n) is 4.38. The van der Waals surface area contributed by atoms with Crippen molar-refractivity contribution in [1.29, 1.82) is 0 Å². The molecule has 0 heterocycles. The molecule has 2 atom stereocenters. The highest BCUT2D eigenvalue weighted by Gasteiger charge is 2.32. The molecule has 1 aromatic carbocycles. The highest BCUT2D eigenvalue weighted by molar-refractivity contribution is 6.31. The Morgan fingerprint density at radius 3 is 2.47 bits per heavy atom. The van der Waals surface area contributed by atoms with Crippen molar-refractivity contribution >= 4 is 23.3 Å². The van der Waals surface area contributed by atoms with Gasteiger partial charge in [-0.15, -0.1) is 0 Å². The van der Waals surface area contributed by atoms with Gasteiger partial charge in [-0.2, -0.15) is 0 Å². The van der Waals surface area contributed by atoms with Crippen LogP contribution in [0.1, 0.15) is 11.7 Å².